The summed E-state index contributed by atoms with van der Waals surface area (Å²) in [6, 6.07) is 0. The third-order valence-corrected chi connectivity index (χ3v) is 6.35. The highest BCUT2D eigenvalue weighted by Gasteiger charge is 2.25. The molecule has 1 N–H and O–H groups in total. The SMILES string of the molecule is CN=C(NCc1c(C)nn(CCOC)c1C)N1CCSC(C(C)C)C1. The molecule has 0 radical (unpaired) electrons. The summed E-state index contributed by atoms with van der Waals surface area (Å²) < 4.78 is 7.20. The van der Waals surface area contributed by atoms with Crippen LogP contribution in [0, 0.1) is 19.8 Å². The molecule has 1 atom stereocenters. The highest BCUT2D eigenvalue weighted by molar-refractivity contribution is 8.00. The van der Waals surface area contributed by atoms with Crippen LogP contribution in [0.1, 0.15) is 30.8 Å². The van der Waals surface area contributed by atoms with Crippen molar-refractivity contribution < 1.29 is 4.74 Å². The molecule has 0 saturated carbocycles. The van der Waals surface area contributed by atoms with E-state index >= 15 is 0 Å². The van der Waals surface area contributed by atoms with E-state index < -0.39 is 0 Å². The van der Waals surface area contributed by atoms with Gasteiger partial charge in [-0.15, -0.1) is 0 Å². The lowest BCUT2D eigenvalue weighted by molar-refractivity contribution is 0.182. The average molecular weight is 368 g/mol. The van der Waals surface area contributed by atoms with Crippen molar-refractivity contribution >= 4 is 17.7 Å². The molecule has 0 aliphatic carbocycles. The van der Waals surface area contributed by atoms with Gasteiger partial charge in [0.25, 0.3) is 0 Å². The molecule has 0 aromatic carbocycles. The first-order valence-corrected chi connectivity index (χ1v) is 10.1. The van der Waals surface area contributed by atoms with Gasteiger partial charge in [0.15, 0.2) is 5.96 Å². The zero-order valence-electron chi connectivity index (χ0n) is 16.5. The van der Waals surface area contributed by atoms with Crippen LogP contribution in [0.4, 0.5) is 0 Å². The zero-order valence-corrected chi connectivity index (χ0v) is 17.3. The van der Waals surface area contributed by atoms with E-state index in [1.54, 1.807) is 7.11 Å². The lowest BCUT2D eigenvalue weighted by Crippen LogP contribution is -2.48. The average Bonchev–Trinajstić information content (AvgIpc) is 2.88. The number of hydrogen-bond acceptors (Lipinski definition) is 4. The summed E-state index contributed by atoms with van der Waals surface area (Å²) in [5, 5.41) is 8.86. The van der Waals surface area contributed by atoms with Crippen LogP contribution in [0.15, 0.2) is 4.99 Å². The summed E-state index contributed by atoms with van der Waals surface area (Å²) in [5.41, 5.74) is 3.53. The molecular formula is C18H33N5OS. The number of aryl methyl sites for hydroxylation is 1. The fraction of sp³-hybridized carbons (Fsp3) is 0.778. The number of guanidine groups is 1. The van der Waals surface area contributed by atoms with E-state index in [4.69, 9.17) is 4.74 Å². The van der Waals surface area contributed by atoms with Crippen LogP contribution in [0.5, 0.6) is 0 Å². The summed E-state index contributed by atoms with van der Waals surface area (Å²) in [7, 11) is 3.59. The van der Waals surface area contributed by atoms with Crippen molar-refractivity contribution in [3.05, 3.63) is 17.0 Å². The number of aliphatic imine (C=N–C) groups is 1. The molecule has 2 heterocycles. The Hall–Kier alpha value is -1.21. The number of thioether (sulfide) groups is 1. The number of methoxy groups -OCH3 is 1. The highest BCUT2D eigenvalue weighted by atomic mass is 32.2. The quantitative estimate of drug-likeness (QED) is 0.618. The minimum atomic E-state index is 0.674. The van der Waals surface area contributed by atoms with Gasteiger partial charge in [-0.25, -0.2) is 0 Å². The predicted octanol–water partition coefficient (Wildman–Crippen LogP) is 2.30. The number of hydrogen-bond donors (Lipinski definition) is 1. The maximum Gasteiger partial charge on any atom is 0.193 e. The van der Waals surface area contributed by atoms with E-state index in [0.29, 0.717) is 17.8 Å². The van der Waals surface area contributed by atoms with Crippen molar-refractivity contribution in [3.8, 4) is 0 Å². The Kier molecular flexibility index (Phi) is 7.62. The first kappa shape index (κ1) is 20.1. The highest BCUT2D eigenvalue weighted by Crippen LogP contribution is 2.25. The molecule has 1 aliphatic rings. The molecule has 7 heteroatoms. The van der Waals surface area contributed by atoms with Gasteiger partial charge >= 0.3 is 0 Å². The number of nitrogens with zero attached hydrogens (tertiary/aromatic N) is 4. The fourth-order valence-corrected chi connectivity index (χ4v) is 4.45. The van der Waals surface area contributed by atoms with E-state index in [9.17, 15) is 0 Å². The minimum Gasteiger partial charge on any atom is -0.383 e. The Morgan fingerprint density at radius 3 is 2.84 bits per heavy atom. The fourth-order valence-electron chi connectivity index (χ4n) is 3.16. The lowest BCUT2D eigenvalue weighted by Gasteiger charge is -2.36. The molecule has 6 nitrogen and oxygen atoms in total. The molecule has 1 fully saturated rings. The van der Waals surface area contributed by atoms with Crippen LogP contribution in [-0.4, -0.2) is 65.5 Å². The second-order valence-electron chi connectivity index (χ2n) is 6.87. The molecule has 1 saturated heterocycles. The maximum absolute atomic E-state index is 5.17. The van der Waals surface area contributed by atoms with Gasteiger partial charge in [0.2, 0.25) is 0 Å². The Labute approximate surface area is 156 Å². The van der Waals surface area contributed by atoms with Crippen LogP contribution in [-0.2, 0) is 17.8 Å². The van der Waals surface area contributed by atoms with Gasteiger partial charge in [-0.1, -0.05) is 13.8 Å². The molecule has 1 unspecified atom stereocenters. The molecule has 0 bridgehead atoms. The van der Waals surface area contributed by atoms with Gasteiger partial charge in [-0.05, 0) is 19.8 Å². The number of rotatable bonds is 6. The van der Waals surface area contributed by atoms with E-state index in [1.807, 2.05) is 11.7 Å². The molecule has 142 valence electrons. The number of aromatic nitrogens is 2. The Morgan fingerprint density at radius 2 is 2.20 bits per heavy atom. The molecular weight excluding hydrogens is 334 g/mol. The van der Waals surface area contributed by atoms with Crippen molar-refractivity contribution in [3.63, 3.8) is 0 Å². The Bertz CT molecular complexity index is 584. The predicted molar refractivity (Wildman–Crippen MR) is 106 cm³/mol. The zero-order chi connectivity index (χ0) is 18.4. The molecule has 1 aliphatic heterocycles. The summed E-state index contributed by atoms with van der Waals surface area (Å²) in [4.78, 5) is 6.90. The van der Waals surface area contributed by atoms with Gasteiger partial charge in [0, 0.05) is 56.1 Å². The first-order valence-electron chi connectivity index (χ1n) is 9.07. The van der Waals surface area contributed by atoms with Crippen molar-refractivity contribution in [1.82, 2.24) is 20.0 Å². The number of nitrogens with one attached hydrogen (secondary N) is 1. The van der Waals surface area contributed by atoms with Gasteiger partial charge in [-0.2, -0.15) is 16.9 Å². The maximum atomic E-state index is 5.17. The van der Waals surface area contributed by atoms with Crippen LogP contribution < -0.4 is 5.32 Å². The lowest BCUT2D eigenvalue weighted by atomic mass is 10.1. The Balaban J connectivity index is 2.00. The monoisotopic (exact) mass is 367 g/mol. The van der Waals surface area contributed by atoms with E-state index in [2.05, 4.69) is 59.8 Å². The van der Waals surface area contributed by atoms with Crippen molar-refractivity contribution in [2.24, 2.45) is 10.9 Å². The third kappa shape index (κ3) is 5.14. The van der Waals surface area contributed by atoms with Crippen molar-refractivity contribution in [1.29, 1.82) is 0 Å². The minimum absolute atomic E-state index is 0.674. The van der Waals surface area contributed by atoms with Crippen LogP contribution >= 0.6 is 11.8 Å². The molecule has 25 heavy (non-hydrogen) atoms. The summed E-state index contributed by atoms with van der Waals surface area (Å²) >= 11 is 2.08. The van der Waals surface area contributed by atoms with E-state index in [1.165, 1.54) is 11.3 Å². The van der Waals surface area contributed by atoms with Crippen LogP contribution in [0.25, 0.3) is 0 Å². The summed E-state index contributed by atoms with van der Waals surface area (Å²) in [6.07, 6.45) is 0. The first-order chi connectivity index (χ1) is 12.0. The van der Waals surface area contributed by atoms with Crippen molar-refractivity contribution in [2.75, 3.05) is 39.6 Å². The topological polar surface area (TPSA) is 54.7 Å². The van der Waals surface area contributed by atoms with Gasteiger partial charge in [0.05, 0.1) is 18.8 Å². The van der Waals surface area contributed by atoms with Crippen LogP contribution in [0.3, 0.4) is 0 Å². The molecule has 1 aromatic rings. The molecule has 0 amide bonds. The van der Waals surface area contributed by atoms with E-state index in [-0.39, 0.29) is 0 Å². The van der Waals surface area contributed by atoms with Crippen LogP contribution in [0.2, 0.25) is 0 Å². The van der Waals surface area contributed by atoms with E-state index in [0.717, 1.165) is 43.6 Å². The number of ether oxygens (including phenoxy) is 1. The summed E-state index contributed by atoms with van der Waals surface area (Å²) in [6.45, 7) is 13.1. The van der Waals surface area contributed by atoms with Gasteiger partial charge < -0.3 is 15.0 Å². The summed E-state index contributed by atoms with van der Waals surface area (Å²) in [5.74, 6) is 2.85. The third-order valence-electron chi connectivity index (χ3n) is 4.81. The standard InChI is InChI=1S/C18H33N5OS/c1-13(2)17-12-22(8-10-25-17)18(19-5)20-11-16-14(3)21-23(15(16)4)7-9-24-6/h13,17H,7-12H2,1-6H3,(H,19,20). The molecule has 2 rings (SSSR count). The Morgan fingerprint density at radius 1 is 1.44 bits per heavy atom. The molecule has 1 aromatic heterocycles. The second-order valence-corrected chi connectivity index (χ2v) is 8.21. The largest absolute Gasteiger partial charge is 0.383 e. The normalized spacial score (nSPS) is 18.9. The molecule has 0 spiro atoms. The van der Waals surface area contributed by atoms with Gasteiger partial charge in [0.1, 0.15) is 0 Å². The van der Waals surface area contributed by atoms with Crippen molar-refractivity contribution in [2.45, 2.75) is 46.0 Å². The second kappa shape index (κ2) is 9.48. The smallest absolute Gasteiger partial charge is 0.193 e. The van der Waals surface area contributed by atoms with Gasteiger partial charge in [-0.3, -0.25) is 9.67 Å².